The zero-order valence-corrected chi connectivity index (χ0v) is 14.7. The summed E-state index contributed by atoms with van der Waals surface area (Å²) in [5, 5.41) is 12.5. The molecule has 132 valence electrons. The maximum absolute atomic E-state index is 12.3. The summed E-state index contributed by atoms with van der Waals surface area (Å²) < 4.78 is 0. The van der Waals surface area contributed by atoms with Crippen molar-refractivity contribution in [2.24, 2.45) is 0 Å². The lowest BCUT2D eigenvalue weighted by molar-refractivity contribution is 0.236. The fraction of sp³-hybridized carbons (Fsp3) is 0.421. The molecule has 0 bridgehead atoms. The van der Waals surface area contributed by atoms with Gasteiger partial charge in [-0.3, -0.25) is 4.79 Å². The molecule has 3 N–H and O–H groups in total. The third-order valence-corrected chi connectivity index (χ3v) is 4.83. The molecule has 1 aliphatic carbocycles. The molecule has 0 fully saturated rings. The fourth-order valence-corrected chi connectivity index (χ4v) is 3.55. The van der Waals surface area contributed by atoms with E-state index in [0.29, 0.717) is 12.0 Å². The number of fused-ring (bicyclic) bond motifs is 1. The summed E-state index contributed by atoms with van der Waals surface area (Å²) in [7, 11) is 0. The number of amides is 2. The van der Waals surface area contributed by atoms with Crippen LogP contribution in [-0.2, 0) is 25.8 Å². The van der Waals surface area contributed by atoms with Crippen LogP contribution < -0.4 is 16.2 Å². The molecule has 3 rings (SSSR count). The van der Waals surface area contributed by atoms with Crippen molar-refractivity contribution in [1.82, 2.24) is 20.8 Å². The highest BCUT2D eigenvalue weighted by Gasteiger charge is 2.23. The van der Waals surface area contributed by atoms with Crippen molar-refractivity contribution in [3.8, 4) is 0 Å². The minimum Gasteiger partial charge on any atom is -0.334 e. The van der Waals surface area contributed by atoms with Crippen molar-refractivity contribution in [3.63, 3.8) is 0 Å². The summed E-state index contributed by atoms with van der Waals surface area (Å²) in [4.78, 5) is 24.4. The van der Waals surface area contributed by atoms with Crippen LogP contribution in [-0.4, -0.2) is 16.2 Å². The molecule has 0 unspecified atom stereocenters. The lowest BCUT2D eigenvalue weighted by Crippen LogP contribution is -2.38. The van der Waals surface area contributed by atoms with Gasteiger partial charge in [-0.25, -0.2) is 9.89 Å². The molecule has 2 aromatic rings. The van der Waals surface area contributed by atoms with E-state index >= 15 is 0 Å². The van der Waals surface area contributed by atoms with Gasteiger partial charge in [0.15, 0.2) is 0 Å². The largest absolute Gasteiger partial charge is 0.334 e. The van der Waals surface area contributed by atoms with E-state index in [0.717, 1.165) is 30.5 Å². The highest BCUT2D eigenvalue weighted by atomic mass is 16.2. The van der Waals surface area contributed by atoms with E-state index in [-0.39, 0.29) is 24.2 Å². The van der Waals surface area contributed by atoms with Gasteiger partial charge in [0.1, 0.15) is 0 Å². The Balaban J connectivity index is 1.67. The minimum atomic E-state index is -0.252. The molecule has 0 radical (unpaired) electrons. The number of carbonyl (C=O) groups is 1. The average molecular weight is 340 g/mol. The van der Waals surface area contributed by atoms with Crippen LogP contribution in [0.25, 0.3) is 0 Å². The third-order valence-electron chi connectivity index (χ3n) is 4.83. The van der Waals surface area contributed by atoms with Crippen LogP contribution in [0.4, 0.5) is 4.79 Å². The molecule has 0 spiro atoms. The van der Waals surface area contributed by atoms with Crippen LogP contribution in [0.2, 0.25) is 0 Å². The fourth-order valence-electron chi connectivity index (χ4n) is 3.55. The highest BCUT2D eigenvalue weighted by molar-refractivity contribution is 5.74. The second kappa shape index (κ2) is 7.51. The van der Waals surface area contributed by atoms with Crippen molar-refractivity contribution >= 4 is 6.03 Å². The van der Waals surface area contributed by atoms with Gasteiger partial charge in [-0.2, -0.15) is 5.10 Å². The van der Waals surface area contributed by atoms with E-state index in [9.17, 15) is 9.59 Å². The lowest BCUT2D eigenvalue weighted by atomic mass is 10.0. The number of nitrogens with one attached hydrogen (secondary N) is 3. The van der Waals surface area contributed by atoms with Crippen LogP contribution in [0.15, 0.2) is 29.1 Å². The Morgan fingerprint density at radius 2 is 2.04 bits per heavy atom. The van der Waals surface area contributed by atoms with E-state index in [1.54, 1.807) is 0 Å². The number of H-pyrrole nitrogens is 1. The van der Waals surface area contributed by atoms with Gasteiger partial charge in [-0.1, -0.05) is 38.1 Å². The number of hydrogen-bond donors (Lipinski definition) is 3. The molecule has 25 heavy (non-hydrogen) atoms. The number of aromatic amines is 1. The number of nitrogens with zero attached hydrogens (tertiary/aromatic N) is 1. The molecule has 2 amide bonds. The first kappa shape index (κ1) is 17.2. The van der Waals surface area contributed by atoms with Gasteiger partial charge in [0.05, 0.1) is 18.3 Å². The summed E-state index contributed by atoms with van der Waals surface area (Å²) in [5.74, 6) is 0. The molecule has 1 aromatic heterocycles. The first-order chi connectivity index (χ1) is 12.1. The molecule has 1 atom stereocenters. The van der Waals surface area contributed by atoms with Gasteiger partial charge in [-0.15, -0.1) is 0 Å². The highest BCUT2D eigenvalue weighted by Crippen LogP contribution is 2.30. The number of urea groups is 1. The Hall–Kier alpha value is -2.63. The van der Waals surface area contributed by atoms with E-state index in [4.69, 9.17) is 0 Å². The zero-order chi connectivity index (χ0) is 17.8. The molecule has 1 aromatic carbocycles. The molecule has 1 aliphatic rings. The second-order valence-electron chi connectivity index (χ2n) is 6.28. The predicted molar refractivity (Wildman–Crippen MR) is 96.5 cm³/mol. The molecule has 0 saturated heterocycles. The lowest BCUT2D eigenvalue weighted by Gasteiger charge is -2.16. The number of hydrogen-bond acceptors (Lipinski definition) is 3. The van der Waals surface area contributed by atoms with Crippen molar-refractivity contribution in [3.05, 3.63) is 62.6 Å². The Morgan fingerprint density at radius 3 is 2.80 bits per heavy atom. The number of carbonyl (C=O) groups excluding carboxylic acids is 1. The van der Waals surface area contributed by atoms with Crippen molar-refractivity contribution in [1.29, 1.82) is 0 Å². The molecule has 6 heteroatoms. The normalized spacial score (nSPS) is 15.7. The molecule has 0 aliphatic heterocycles. The minimum absolute atomic E-state index is 0.0313. The SMILES string of the molecule is CCc1n[nH]c(=O)c(CNC(=O)N[C@H]2CCc3ccccc32)c1CC. The average Bonchev–Trinajstić information content (AvgIpc) is 3.03. The smallest absolute Gasteiger partial charge is 0.315 e. The zero-order valence-electron chi connectivity index (χ0n) is 14.7. The van der Waals surface area contributed by atoms with Gasteiger partial charge in [0, 0.05) is 5.56 Å². The summed E-state index contributed by atoms with van der Waals surface area (Å²) in [6.45, 7) is 4.20. The third kappa shape index (κ3) is 3.57. The number of rotatable bonds is 5. The maximum atomic E-state index is 12.3. The molecular formula is C19H24N4O2. The number of benzene rings is 1. The topological polar surface area (TPSA) is 86.9 Å². The number of aromatic nitrogens is 2. The van der Waals surface area contributed by atoms with Gasteiger partial charge in [0.2, 0.25) is 0 Å². The summed E-state index contributed by atoms with van der Waals surface area (Å²) in [5.41, 5.74) is 4.64. The first-order valence-corrected chi connectivity index (χ1v) is 8.85. The summed E-state index contributed by atoms with van der Waals surface area (Å²) in [6, 6.07) is 7.96. The predicted octanol–water partition coefficient (Wildman–Crippen LogP) is 2.38. The molecular weight excluding hydrogens is 316 g/mol. The van der Waals surface area contributed by atoms with Crippen molar-refractivity contribution < 1.29 is 4.79 Å². The van der Waals surface area contributed by atoms with E-state index in [1.165, 1.54) is 11.1 Å². The summed E-state index contributed by atoms with van der Waals surface area (Å²) >= 11 is 0. The van der Waals surface area contributed by atoms with Crippen LogP contribution >= 0.6 is 0 Å². The summed E-state index contributed by atoms with van der Waals surface area (Å²) in [6.07, 6.45) is 3.35. The van der Waals surface area contributed by atoms with Gasteiger partial charge in [0.25, 0.3) is 5.56 Å². The Bertz CT molecular complexity index is 828. The van der Waals surface area contributed by atoms with E-state index in [2.05, 4.69) is 33.0 Å². The van der Waals surface area contributed by atoms with Crippen LogP contribution in [0.3, 0.4) is 0 Å². The van der Waals surface area contributed by atoms with Crippen molar-refractivity contribution in [2.75, 3.05) is 0 Å². The quantitative estimate of drug-likeness (QED) is 0.781. The Morgan fingerprint density at radius 1 is 1.24 bits per heavy atom. The Labute approximate surface area is 147 Å². The van der Waals surface area contributed by atoms with Gasteiger partial charge < -0.3 is 10.6 Å². The van der Waals surface area contributed by atoms with Crippen LogP contribution in [0, 0.1) is 0 Å². The van der Waals surface area contributed by atoms with Gasteiger partial charge in [-0.05, 0) is 42.4 Å². The van der Waals surface area contributed by atoms with Crippen LogP contribution in [0.1, 0.15) is 54.3 Å². The maximum Gasteiger partial charge on any atom is 0.315 e. The molecule has 1 heterocycles. The standard InChI is InChI=1S/C19H24N4O2/c1-3-13-15(18(24)23-22-16(13)4-2)11-20-19(25)21-17-10-9-12-7-5-6-8-14(12)17/h5-8,17H,3-4,9-11H2,1-2H3,(H,23,24)(H2,20,21,25)/t17-/m0/s1. The Kier molecular flexibility index (Phi) is 5.16. The number of aryl methyl sites for hydroxylation is 2. The second-order valence-corrected chi connectivity index (χ2v) is 6.28. The van der Waals surface area contributed by atoms with E-state index < -0.39 is 0 Å². The van der Waals surface area contributed by atoms with Crippen molar-refractivity contribution in [2.45, 2.75) is 52.1 Å². The first-order valence-electron chi connectivity index (χ1n) is 8.85. The molecule has 6 nitrogen and oxygen atoms in total. The molecule has 0 saturated carbocycles. The van der Waals surface area contributed by atoms with Gasteiger partial charge >= 0.3 is 6.03 Å². The van der Waals surface area contributed by atoms with Crippen LogP contribution in [0.5, 0.6) is 0 Å². The monoisotopic (exact) mass is 340 g/mol. The van der Waals surface area contributed by atoms with E-state index in [1.807, 2.05) is 26.0 Å².